The Balaban J connectivity index is 2.01. The Labute approximate surface area is 113 Å². The van der Waals surface area contributed by atoms with E-state index in [9.17, 15) is 0 Å². The lowest BCUT2D eigenvalue weighted by Crippen LogP contribution is -2.46. The van der Waals surface area contributed by atoms with Crippen LogP contribution in [0, 0.1) is 0 Å². The molecule has 18 heavy (non-hydrogen) atoms. The van der Waals surface area contributed by atoms with Crippen molar-refractivity contribution >= 4 is 16.9 Å². The Morgan fingerprint density at radius 3 is 3.00 bits per heavy atom. The van der Waals surface area contributed by atoms with Gasteiger partial charge in [-0.05, 0) is 38.0 Å². The predicted molar refractivity (Wildman–Crippen MR) is 78.4 cm³/mol. The molecule has 0 radical (unpaired) electrons. The molecule has 1 aliphatic rings. The van der Waals surface area contributed by atoms with Crippen LogP contribution in [-0.2, 0) is 6.54 Å². The lowest BCUT2D eigenvalue weighted by atomic mass is 10.0. The van der Waals surface area contributed by atoms with Crippen LogP contribution in [0.25, 0.3) is 0 Å². The van der Waals surface area contributed by atoms with E-state index in [1.165, 1.54) is 12.0 Å². The van der Waals surface area contributed by atoms with Gasteiger partial charge in [-0.1, -0.05) is 23.9 Å². The summed E-state index contributed by atoms with van der Waals surface area (Å²) in [4.78, 5) is 4.64. The molecule has 0 aliphatic carbocycles. The smallest absolute Gasteiger partial charge is 0.157 e. The quantitative estimate of drug-likeness (QED) is 0.911. The van der Waals surface area contributed by atoms with E-state index in [0.717, 1.165) is 16.7 Å². The van der Waals surface area contributed by atoms with Crippen molar-refractivity contribution < 1.29 is 4.74 Å². The van der Waals surface area contributed by atoms with Crippen molar-refractivity contribution in [3.63, 3.8) is 0 Å². The first-order valence-corrected chi connectivity index (χ1v) is 7.16. The van der Waals surface area contributed by atoms with E-state index in [2.05, 4.69) is 30.2 Å². The molecule has 2 rings (SSSR count). The minimum atomic E-state index is 0.165. The Morgan fingerprint density at radius 2 is 2.28 bits per heavy atom. The average molecular weight is 264 g/mol. The molecular weight excluding hydrogens is 244 g/mol. The van der Waals surface area contributed by atoms with Gasteiger partial charge in [-0.15, -0.1) is 0 Å². The summed E-state index contributed by atoms with van der Waals surface area (Å²) in [6.45, 7) is 5.13. The molecule has 1 N–H and O–H groups in total. The first-order chi connectivity index (χ1) is 8.59. The monoisotopic (exact) mass is 264 g/mol. The fourth-order valence-corrected chi connectivity index (χ4v) is 3.12. The molecule has 0 unspecified atom stereocenters. The highest BCUT2D eigenvalue weighted by atomic mass is 32.2. The Kier molecular flexibility index (Phi) is 4.17. The van der Waals surface area contributed by atoms with Gasteiger partial charge in [0.25, 0.3) is 0 Å². The average Bonchev–Trinajstić information content (AvgIpc) is 2.35. The lowest BCUT2D eigenvalue weighted by molar-refractivity contribution is 0.414. The van der Waals surface area contributed by atoms with Crippen LogP contribution in [0.15, 0.2) is 29.3 Å². The lowest BCUT2D eigenvalue weighted by Gasteiger charge is -2.32. The van der Waals surface area contributed by atoms with Crippen molar-refractivity contribution in [3.8, 4) is 5.75 Å². The number of amidine groups is 1. The Bertz CT molecular complexity index is 443. The summed E-state index contributed by atoms with van der Waals surface area (Å²) < 4.78 is 5.21. The van der Waals surface area contributed by atoms with Crippen LogP contribution in [0.4, 0.5) is 0 Å². The Hall–Kier alpha value is -1.16. The first-order valence-electron chi connectivity index (χ1n) is 6.17. The number of hydrogen-bond donors (Lipinski definition) is 1. The van der Waals surface area contributed by atoms with E-state index in [4.69, 9.17) is 4.74 Å². The summed E-state index contributed by atoms with van der Waals surface area (Å²) in [7, 11) is 1.69. The number of thioether (sulfide) groups is 1. The van der Waals surface area contributed by atoms with Crippen LogP contribution >= 0.6 is 11.8 Å². The molecule has 1 saturated heterocycles. The van der Waals surface area contributed by atoms with Crippen LogP contribution in [0.5, 0.6) is 5.75 Å². The van der Waals surface area contributed by atoms with Gasteiger partial charge in [-0.25, -0.2) is 0 Å². The zero-order chi connectivity index (χ0) is 13.0. The summed E-state index contributed by atoms with van der Waals surface area (Å²) >= 11 is 1.80. The van der Waals surface area contributed by atoms with Crippen LogP contribution in [0.2, 0.25) is 0 Å². The highest BCUT2D eigenvalue weighted by Crippen LogP contribution is 2.22. The second-order valence-electron chi connectivity index (χ2n) is 5.08. The molecule has 1 aliphatic heterocycles. The number of aliphatic imine (C=N–C) groups is 1. The van der Waals surface area contributed by atoms with E-state index in [1.54, 1.807) is 18.9 Å². The number of nitrogens with zero attached hydrogens (tertiary/aromatic N) is 1. The fourth-order valence-electron chi connectivity index (χ4n) is 1.81. The third kappa shape index (κ3) is 3.67. The minimum Gasteiger partial charge on any atom is -0.497 e. The number of nitrogens with one attached hydrogen (secondary N) is 1. The first kappa shape index (κ1) is 13.3. The molecule has 0 saturated carbocycles. The van der Waals surface area contributed by atoms with Gasteiger partial charge in [0.05, 0.1) is 13.7 Å². The zero-order valence-electron chi connectivity index (χ0n) is 11.2. The maximum absolute atomic E-state index is 5.21. The molecule has 0 amide bonds. The summed E-state index contributed by atoms with van der Waals surface area (Å²) in [6.07, 6.45) is 1.18. The van der Waals surface area contributed by atoms with Crippen molar-refractivity contribution in [2.45, 2.75) is 32.4 Å². The zero-order valence-corrected chi connectivity index (χ0v) is 12.0. The second-order valence-corrected chi connectivity index (χ2v) is 6.16. The molecule has 4 heteroatoms. The van der Waals surface area contributed by atoms with Crippen molar-refractivity contribution in [3.05, 3.63) is 29.8 Å². The van der Waals surface area contributed by atoms with E-state index < -0.39 is 0 Å². The number of benzene rings is 1. The van der Waals surface area contributed by atoms with Crippen LogP contribution in [0.1, 0.15) is 25.8 Å². The van der Waals surface area contributed by atoms with E-state index in [0.29, 0.717) is 6.54 Å². The van der Waals surface area contributed by atoms with E-state index in [-0.39, 0.29) is 5.54 Å². The molecule has 1 fully saturated rings. The van der Waals surface area contributed by atoms with Gasteiger partial charge in [-0.3, -0.25) is 4.99 Å². The van der Waals surface area contributed by atoms with Gasteiger partial charge in [-0.2, -0.15) is 0 Å². The maximum atomic E-state index is 5.21. The van der Waals surface area contributed by atoms with Crippen molar-refractivity contribution in [1.82, 2.24) is 5.32 Å². The molecule has 0 spiro atoms. The highest BCUT2D eigenvalue weighted by Gasteiger charge is 2.23. The summed E-state index contributed by atoms with van der Waals surface area (Å²) in [6, 6.07) is 8.06. The SMILES string of the molecule is COc1cccc(CN=C2NC(C)(C)CCS2)c1. The number of methoxy groups -OCH3 is 1. The number of rotatable bonds is 3. The van der Waals surface area contributed by atoms with Gasteiger partial charge in [0, 0.05) is 11.3 Å². The number of ether oxygens (including phenoxy) is 1. The third-order valence-corrected chi connectivity index (χ3v) is 3.86. The molecular formula is C14H20N2OS. The fraction of sp³-hybridized carbons (Fsp3) is 0.500. The molecule has 0 bridgehead atoms. The van der Waals surface area contributed by atoms with E-state index >= 15 is 0 Å². The highest BCUT2D eigenvalue weighted by molar-refractivity contribution is 8.13. The topological polar surface area (TPSA) is 33.6 Å². The van der Waals surface area contributed by atoms with Crippen LogP contribution in [0.3, 0.4) is 0 Å². The van der Waals surface area contributed by atoms with Gasteiger partial charge >= 0.3 is 0 Å². The number of hydrogen-bond acceptors (Lipinski definition) is 3. The van der Waals surface area contributed by atoms with Gasteiger partial charge in [0.2, 0.25) is 0 Å². The van der Waals surface area contributed by atoms with Gasteiger partial charge in [0.15, 0.2) is 5.17 Å². The summed E-state index contributed by atoms with van der Waals surface area (Å²) in [5.41, 5.74) is 1.34. The molecule has 3 nitrogen and oxygen atoms in total. The molecule has 1 heterocycles. The van der Waals surface area contributed by atoms with Crippen LogP contribution in [-0.4, -0.2) is 23.6 Å². The summed E-state index contributed by atoms with van der Waals surface area (Å²) in [5, 5.41) is 4.52. The Morgan fingerprint density at radius 1 is 1.44 bits per heavy atom. The van der Waals surface area contributed by atoms with E-state index in [1.807, 2.05) is 18.2 Å². The standard InChI is InChI=1S/C14H20N2OS/c1-14(2)7-8-18-13(16-14)15-10-11-5-4-6-12(9-11)17-3/h4-6,9H,7-8,10H2,1-3H3,(H,15,16). The van der Waals surface area contributed by atoms with Gasteiger partial charge < -0.3 is 10.1 Å². The largest absolute Gasteiger partial charge is 0.497 e. The minimum absolute atomic E-state index is 0.165. The predicted octanol–water partition coefficient (Wildman–Crippen LogP) is 3.06. The van der Waals surface area contributed by atoms with Crippen molar-refractivity contribution in [2.75, 3.05) is 12.9 Å². The van der Waals surface area contributed by atoms with Gasteiger partial charge in [0.1, 0.15) is 5.75 Å². The van der Waals surface area contributed by atoms with Crippen LogP contribution < -0.4 is 10.1 Å². The second kappa shape index (κ2) is 5.65. The third-order valence-electron chi connectivity index (χ3n) is 2.95. The normalized spacial score (nSPS) is 20.5. The summed E-state index contributed by atoms with van der Waals surface area (Å²) in [5.74, 6) is 2.02. The van der Waals surface area contributed by atoms with Crippen molar-refractivity contribution in [1.29, 1.82) is 0 Å². The molecule has 1 aromatic rings. The molecule has 1 aromatic carbocycles. The molecule has 0 atom stereocenters. The molecule has 0 aromatic heterocycles. The van der Waals surface area contributed by atoms with Crippen molar-refractivity contribution in [2.24, 2.45) is 4.99 Å². The molecule has 98 valence electrons. The maximum Gasteiger partial charge on any atom is 0.157 e.